The average molecular weight is 338 g/mol. The first-order valence-corrected chi connectivity index (χ1v) is 8.91. The van der Waals surface area contributed by atoms with E-state index >= 15 is 0 Å². The number of ether oxygens (including phenoxy) is 2. The zero-order chi connectivity index (χ0) is 18.1. The molecule has 0 radical (unpaired) electrons. The van der Waals surface area contributed by atoms with Crippen molar-refractivity contribution in [3.63, 3.8) is 0 Å². The van der Waals surface area contributed by atoms with Crippen LogP contribution in [-0.2, 0) is 19.1 Å². The van der Waals surface area contributed by atoms with Crippen LogP contribution in [0.25, 0.3) is 0 Å². The van der Waals surface area contributed by atoms with Gasteiger partial charge in [-0.15, -0.1) is 0 Å². The molecule has 0 amide bonds. The molecule has 0 aromatic carbocycles. The van der Waals surface area contributed by atoms with E-state index in [1.807, 2.05) is 34.6 Å². The Kier molecular flexibility index (Phi) is 3.75. The number of ketones is 1. The number of rotatable bonds is 2. The van der Waals surface area contributed by atoms with Crippen molar-refractivity contribution in [3.8, 4) is 0 Å². The number of Topliss-reactive ketones (excluding diaryl/α,β-unsaturated/α-hetero) is 1. The van der Waals surface area contributed by atoms with Crippen LogP contribution in [0.15, 0.2) is 0 Å². The van der Waals surface area contributed by atoms with Crippen LogP contribution in [0.2, 0.25) is 0 Å². The summed E-state index contributed by atoms with van der Waals surface area (Å²) in [6.07, 6.45) is 0.996. The number of esters is 1. The molecule has 0 aliphatic heterocycles. The molecule has 0 unspecified atom stereocenters. The van der Waals surface area contributed by atoms with Gasteiger partial charge >= 0.3 is 5.97 Å². The Hall–Kier alpha value is -0.940. The molecule has 0 saturated heterocycles. The first kappa shape index (κ1) is 17.9. The summed E-state index contributed by atoms with van der Waals surface area (Å²) < 4.78 is 11.3. The topological polar surface area (TPSA) is 72.8 Å². The van der Waals surface area contributed by atoms with Crippen LogP contribution in [0.4, 0.5) is 0 Å². The van der Waals surface area contributed by atoms with Crippen LogP contribution in [0.3, 0.4) is 0 Å². The second-order valence-corrected chi connectivity index (χ2v) is 9.32. The quantitative estimate of drug-likeness (QED) is 0.783. The van der Waals surface area contributed by atoms with Crippen LogP contribution >= 0.6 is 0 Å². The predicted octanol–water partition coefficient (Wildman–Crippen LogP) is 2.49. The molecule has 3 fully saturated rings. The highest BCUT2D eigenvalue weighted by Gasteiger charge is 2.82. The molecule has 6 atom stereocenters. The van der Waals surface area contributed by atoms with E-state index < -0.39 is 22.3 Å². The monoisotopic (exact) mass is 338 g/mol. The number of hydrogen-bond acceptors (Lipinski definition) is 5. The summed E-state index contributed by atoms with van der Waals surface area (Å²) in [5.41, 5.74) is -2.41. The van der Waals surface area contributed by atoms with Gasteiger partial charge in [0.2, 0.25) is 0 Å². The molecular formula is C19H30O5. The van der Waals surface area contributed by atoms with E-state index in [0.29, 0.717) is 25.7 Å². The molecule has 5 heteroatoms. The maximum Gasteiger partial charge on any atom is 0.309 e. The van der Waals surface area contributed by atoms with Crippen molar-refractivity contribution in [3.05, 3.63) is 0 Å². The van der Waals surface area contributed by atoms with Gasteiger partial charge in [-0.1, -0.05) is 13.8 Å². The van der Waals surface area contributed by atoms with Crippen LogP contribution in [-0.4, -0.2) is 41.8 Å². The second-order valence-electron chi connectivity index (χ2n) is 9.32. The van der Waals surface area contributed by atoms with Crippen molar-refractivity contribution in [2.75, 3.05) is 7.11 Å². The van der Waals surface area contributed by atoms with Gasteiger partial charge in [0.15, 0.2) is 0 Å². The third-order valence-corrected chi connectivity index (χ3v) is 7.14. The fraction of sp³-hybridized carbons (Fsp3) is 0.895. The standard InChI is InChI=1S/C19H30O5/c1-16(2,3)24-14-9-13(21)19-12(20)7-8-17(19,4)11(15(22)23-6)10-18(14,19)5/h11,13-14,21H,7-10H2,1-6H3/t11-,13-,14+,17+,18-,19-/m1/s1. The lowest BCUT2D eigenvalue weighted by Gasteiger charge is -2.46. The van der Waals surface area contributed by atoms with Gasteiger partial charge in [-0.3, -0.25) is 9.59 Å². The minimum absolute atomic E-state index is 0.0893. The normalized spacial score (nSPS) is 47.6. The molecule has 1 spiro atoms. The van der Waals surface area contributed by atoms with Crippen molar-refractivity contribution < 1.29 is 24.2 Å². The largest absolute Gasteiger partial charge is 0.469 e. The maximum atomic E-state index is 13.1. The van der Waals surface area contributed by atoms with Crippen molar-refractivity contribution in [2.45, 2.75) is 78.1 Å². The van der Waals surface area contributed by atoms with Crippen LogP contribution in [0.5, 0.6) is 0 Å². The summed E-state index contributed by atoms with van der Waals surface area (Å²) in [5.74, 6) is -0.560. The van der Waals surface area contributed by atoms with Gasteiger partial charge in [-0.25, -0.2) is 0 Å². The van der Waals surface area contributed by atoms with Crippen molar-refractivity contribution in [2.24, 2.45) is 22.2 Å². The van der Waals surface area contributed by atoms with E-state index in [9.17, 15) is 14.7 Å². The van der Waals surface area contributed by atoms with Crippen LogP contribution < -0.4 is 0 Å². The Morgan fingerprint density at radius 3 is 2.42 bits per heavy atom. The predicted molar refractivity (Wildman–Crippen MR) is 88.3 cm³/mol. The fourth-order valence-corrected chi connectivity index (χ4v) is 6.38. The minimum atomic E-state index is -0.908. The highest BCUT2D eigenvalue weighted by Crippen LogP contribution is 2.77. The van der Waals surface area contributed by atoms with E-state index in [4.69, 9.17) is 9.47 Å². The number of carbonyl (C=O) groups excluding carboxylic acids is 2. The summed E-state index contributed by atoms with van der Waals surface area (Å²) in [4.78, 5) is 25.6. The van der Waals surface area contributed by atoms with Gasteiger partial charge < -0.3 is 14.6 Å². The van der Waals surface area contributed by atoms with Gasteiger partial charge in [0.25, 0.3) is 0 Å². The molecule has 5 nitrogen and oxygen atoms in total. The number of hydrogen-bond donors (Lipinski definition) is 1. The number of carbonyl (C=O) groups is 2. The van der Waals surface area contributed by atoms with Gasteiger partial charge in [-0.05, 0) is 39.0 Å². The Bertz CT molecular complexity index is 579. The lowest BCUT2D eigenvalue weighted by atomic mass is 9.58. The molecule has 1 N–H and O–H groups in total. The molecule has 3 aliphatic rings. The first-order valence-electron chi connectivity index (χ1n) is 8.91. The zero-order valence-corrected chi connectivity index (χ0v) is 15.6. The summed E-state index contributed by atoms with van der Waals surface area (Å²) >= 11 is 0. The number of methoxy groups -OCH3 is 1. The third-order valence-electron chi connectivity index (χ3n) is 7.14. The van der Waals surface area contributed by atoms with Crippen LogP contribution in [0, 0.1) is 22.2 Å². The SMILES string of the molecule is COC(=O)[C@H]1C[C@]2(C)[C@@H](OC(C)(C)C)C[C@@H](O)[C@@]23C(=O)CC[C@@]13C. The fourth-order valence-electron chi connectivity index (χ4n) is 6.38. The smallest absolute Gasteiger partial charge is 0.309 e. The molecule has 24 heavy (non-hydrogen) atoms. The van der Waals surface area contributed by atoms with E-state index in [1.54, 1.807) is 0 Å². The highest BCUT2D eigenvalue weighted by atomic mass is 16.5. The molecule has 0 aromatic heterocycles. The summed E-state index contributed by atoms with van der Waals surface area (Å²) in [5, 5.41) is 11.0. The molecule has 0 heterocycles. The maximum absolute atomic E-state index is 13.1. The van der Waals surface area contributed by atoms with Crippen molar-refractivity contribution >= 4 is 11.8 Å². The molecular weight excluding hydrogens is 308 g/mol. The molecule has 3 rings (SSSR count). The average Bonchev–Trinajstić information content (AvgIpc) is 2.94. The first-order chi connectivity index (χ1) is 10.9. The van der Waals surface area contributed by atoms with Gasteiger partial charge in [0.05, 0.1) is 36.3 Å². The van der Waals surface area contributed by atoms with E-state index in [0.717, 1.165) is 0 Å². The van der Waals surface area contributed by atoms with E-state index in [-0.39, 0.29) is 29.4 Å². The number of aliphatic hydroxyl groups is 1. The molecule has 3 saturated carbocycles. The van der Waals surface area contributed by atoms with E-state index in [2.05, 4.69) is 0 Å². The van der Waals surface area contributed by atoms with Gasteiger partial charge in [0, 0.05) is 18.3 Å². The molecule has 3 aliphatic carbocycles. The summed E-state index contributed by atoms with van der Waals surface area (Å²) in [7, 11) is 1.39. The van der Waals surface area contributed by atoms with E-state index in [1.165, 1.54) is 7.11 Å². The van der Waals surface area contributed by atoms with Gasteiger partial charge in [-0.2, -0.15) is 0 Å². The van der Waals surface area contributed by atoms with Crippen LogP contribution in [0.1, 0.15) is 60.3 Å². The molecule has 136 valence electrons. The zero-order valence-electron chi connectivity index (χ0n) is 15.6. The minimum Gasteiger partial charge on any atom is -0.469 e. The highest BCUT2D eigenvalue weighted by molar-refractivity contribution is 5.93. The summed E-state index contributed by atoms with van der Waals surface area (Å²) in [6, 6.07) is 0. The Balaban J connectivity index is 2.14. The Morgan fingerprint density at radius 2 is 1.88 bits per heavy atom. The number of aliphatic hydroxyl groups excluding tert-OH is 1. The lowest BCUT2D eigenvalue weighted by molar-refractivity contribution is -0.157. The molecule has 0 bridgehead atoms. The molecule has 0 aromatic rings. The third kappa shape index (κ3) is 1.88. The summed E-state index contributed by atoms with van der Waals surface area (Å²) in [6.45, 7) is 9.97. The Labute approximate surface area is 144 Å². The Morgan fingerprint density at radius 1 is 1.25 bits per heavy atom. The van der Waals surface area contributed by atoms with Gasteiger partial charge in [0.1, 0.15) is 5.78 Å². The lowest BCUT2D eigenvalue weighted by Crippen LogP contribution is -2.53. The van der Waals surface area contributed by atoms with Crippen molar-refractivity contribution in [1.82, 2.24) is 0 Å². The van der Waals surface area contributed by atoms with Crippen molar-refractivity contribution in [1.29, 1.82) is 0 Å². The second kappa shape index (κ2) is 5.04.